The summed E-state index contributed by atoms with van der Waals surface area (Å²) >= 11 is 0. The summed E-state index contributed by atoms with van der Waals surface area (Å²) in [6.07, 6.45) is 4.22. The summed E-state index contributed by atoms with van der Waals surface area (Å²) in [5, 5.41) is 32.2. The van der Waals surface area contributed by atoms with Gasteiger partial charge in [-0.3, -0.25) is 0 Å². The maximum Gasteiger partial charge on any atom is 0.0933 e. The molecule has 96 heavy (non-hydrogen) atoms. The molecule has 0 bridgehead atoms. The molecule has 20 aromatic rings. The Morgan fingerprint density at radius 3 is 0.823 bits per heavy atom. The smallest absolute Gasteiger partial charge is 0.0933 e. The van der Waals surface area contributed by atoms with Gasteiger partial charge < -0.3 is 0 Å². The van der Waals surface area contributed by atoms with Crippen LogP contribution >= 0.6 is 0 Å². The summed E-state index contributed by atoms with van der Waals surface area (Å²) in [5.41, 5.74) is 18.7. The summed E-state index contributed by atoms with van der Waals surface area (Å²) in [4.78, 5) is 0. The van der Waals surface area contributed by atoms with Crippen molar-refractivity contribution in [3.63, 3.8) is 0 Å². The Hall–Kier alpha value is -12.8. The van der Waals surface area contributed by atoms with Crippen LogP contribution in [-0.2, 0) is 0 Å². The van der Waals surface area contributed by atoms with E-state index in [2.05, 4.69) is 352 Å². The molecule has 0 amide bonds. The first-order chi connectivity index (χ1) is 47.5. The normalized spacial score (nSPS) is 11.8. The van der Waals surface area contributed by atoms with Crippen molar-refractivity contribution in [3.05, 3.63) is 352 Å². The average Bonchev–Trinajstić information content (AvgIpc) is 0.899. The van der Waals surface area contributed by atoms with E-state index in [4.69, 9.17) is 10.2 Å². The fourth-order valence-corrected chi connectivity index (χ4v) is 15.0. The molecule has 0 aliphatic heterocycles. The van der Waals surface area contributed by atoms with Gasteiger partial charge in [-0.15, -0.1) is 0 Å². The van der Waals surface area contributed by atoms with E-state index >= 15 is 0 Å². The molecule has 0 spiro atoms. The highest BCUT2D eigenvalue weighted by Gasteiger charge is 2.21. The Kier molecular flexibility index (Phi) is 12.9. The first kappa shape index (κ1) is 54.9. The fraction of sp³-hybridized carbons (Fsp3) is 0. The molecular formula is C92H58N4. The van der Waals surface area contributed by atoms with Crippen LogP contribution in [0.2, 0.25) is 0 Å². The van der Waals surface area contributed by atoms with E-state index in [1.807, 2.05) is 9.03 Å². The Morgan fingerprint density at radius 2 is 0.438 bits per heavy atom. The predicted molar refractivity (Wildman–Crippen MR) is 406 cm³/mol. The minimum atomic E-state index is 0.968. The highest BCUT2D eigenvalue weighted by Crippen LogP contribution is 2.48. The number of aromatic nitrogens is 4. The average molecular weight is 1220 g/mol. The van der Waals surface area contributed by atoms with Gasteiger partial charge in [-0.2, -0.15) is 10.2 Å². The molecule has 16 aromatic carbocycles. The third-order valence-electron chi connectivity index (χ3n) is 19.7. The summed E-state index contributed by atoms with van der Waals surface area (Å²) < 4.78 is 3.97. The van der Waals surface area contributed by atoms with Gasteiger partial charge in [0.1, 0.15) is 0 Å². The molecule has 0 saturated heterocycles. The Labute approximate surface area is 554 Å². The van der Waals surface area contributed by atoms with Crippen molar-refractivity contribution in [3.8, 4) is 78.1 Å². The topological polar surface area (TPSA) is 34.6 Å². The highest BCUT2D eigenvalue weighted by molar-refractivity contribution is 6.24. The van der Waals surface area contributed by atoms with Crippen LogP contribution < -0.4 is 0 Å². The van der Waals surface area contributed by atoms with Crippen LogP contribution in [0.3, 0.4) is 0 Å². The molecule has 0 fully saturated rings. The van der Waals surface area contributed by atoms with Crippen molar-refractivity contribution >= 4 is 108 Å². The predicted octanol–water partition coefficient (Wildman–Crippen LogP) is 24.7. The summed E-state index contributed by atoms with van der Waals surface area (Å²) in [5.74, 6) is 0. The van der Waals surface area contributed by atoms with Crippen LogP contribution in [0, 0.1) is 0 Å². The third kappa shape index (κ3) is 9.45. The van der Waals surface area contributed by atoms with Crippen molar-refractivity contribution in [1.82, 2.24) is 19.2 Å². The van der Waals surface area contributed by atoms with Crippen molar-refractivity contribution in [2.45, 2.75) is 0 Å². The van der Waals surface area contributed by atoms with E-state index < -0.39 is 0 Å². The fourth-order valence-electron chi connectivity index (χ4n) is 15.0. The van der Waals surface area contributed by atoms with Gasteiger partial charge >= 0.3 is 0 Å². The standard InChI is InChI=1S/C51H32N2.C41H26N2/c1-3-11-37-27-41(23-19-33(37)9-1)50-45-15-7-8-16-46(45)51(42-24-20-34-10-2-4-12-38(34)28-42)48-30-40(25-26-47(48)50)35-17-21-36(22-18-35)49-31-44-29-39-13-5-6-14-43(39)32-53(44)52-49;1-2-10-30-23-32(22-17-27(30)9-1)41-37-15-7-5-13-35(37)40(36-14-6-8-16-38(36)41)29-20-18-28(19-21-29)39-25-34-24-31-11-3-4-12-33(31)26-43(34)42-39/h1-32H;1-26H. The second-order valence-electron chi connectivity index (χ2n) is 25.3. The number of hydrogen-bond donors (Lipinski definition) is 0. The summed E-state index contributed by atoms with van der Waals surface area (Å²) in [7, 11) is 0. The van der Waals surface area contributed by atoms with E-state index in [1.54, 1.807) is 0 Å². The molecular weight excluding hydrogens is 1160 g/mol. The van der Waals surface area contributed by atoms with Gasteiger partial charge in [-0.05, 0) is 190 Å². The molecule has 4 heteroatoms. The first-order valence-corrected chi connectivity index (χ1v) is 32.9. The number of hydrogen-bond acceptors (Lipinski definition) is 2. The van der Waals surface area contributed by atoms with E-state index in [0.29, 0.717) is 0 Å². The van der Waals surface area contributed by atoms with E-state index in [1.165, 1.54) is 153 Å². The molecule has 0 atom stereocenters. The first-order valence-electron chi connectivity index (χ1n) is 32.9. The van der Waals surface area contributed by atoms with Crippen molar-refractivity contribution in [1.29, 1.82) is 0 Å². The zero-order valence-electron chi connectivity index (χ0n) is 52.3. The van der Waals surface area contributed by atoms with Crippen LogP contribution in [0.5, 0.6) is 0 Å². The molecule has 446 valence electrons. The maximum absolute atomic E-state index is 4.95. The Balaban J connectivity index is 0.000000138. The van der Waals surface area contributed by atoms with Crippen LogP contribution in [0.4, 0.5) is 0 Å². The van der Waals surface area contributed by atoms with E-state index in [0.717, 1.165) is 33.5 Å². The summed E-state index contributed by atoms with van der Waals surface area (Å²) in [6, 6.07) is 124. The molecule has 0 N–H and O–H groups in total. The molecule has 4 nitrogen and oxygen atoms in total. The quantitative estimate of drug-likeness (QED) is 0.149. The number of nitrogens with zero attached hydrogens (tertiary/aromatic N) is 4. The molecule has 0 aliphatic carbocycles. The van der Waals surface area contributed by atoms with E-state index in [-0.39, 0.29) is 0 Å². The largest absolute Gasteiger partial charge is 0.240 e. The number of rotatable bonds is 7. The van der Waals surface area contributed by atoms with Crippen LogP contribution in [0.15, 0.2) is 352 Å². The highest BCUT2D eigenvalue weighted by atomic mass is 15.2. The second kappa shape index (κ2) is 22.5. The molecule has 20 rings (SSSR count). The van der Waals surface area contributed by atoms with Crippen molar-refractivity contribution in [2.24, 2.45) is 0 Å². The van der Waals surface area contributed by atoms with Crippen LogP contribution in [-0.4, -0.2) is 19.2 Å². The lowest BCUT2D eigenvalue weighted by Gasteiger charge is -2.19. The SMILES string of the molecule is c1ccc2cc(-c3c4ccccc4c(-c4ccc(-c5cc6cc7ccccc7cn6n5)cc4)c4ccccc34)ccc2c1.c1ccc2cc(-c3c4ccccc4c(-c4ccc5ccccc5c4)c4cc(-c5ccc(-c6cc7cc8ccccc8cn7n6)cc5)ccc34)ccc2c1. The van der Waals surface area contributed by atoms with Crippen LogP contribution in [0.1, 0.15) is 0 Å². The zero-order chi connectivity index (χ0) is 63.2. The van der Waals surface area contributed by atoms with Crippen LogP contribution in [0.25, 0.3) is 186 Å². The number of benzene rings is 16. The molecule has 4 aromatic heterocycles. The van der Waals surface area contributed by atoms with Crippen molar-refractivity contribution in [2.75, 3.05) is 0 Å². The molecule has 0 saturated carbocycles. The van der Waals surface area contributed by atoms with Gasteiger partial charge in [0, 0.05) is 34.3 Å². The number of fused-ring (bicyclic) bond motifs is 11. The van der Waals surface area contributed by atoms with Gasteiger partial charge in [0.2, 0.25) is 0 Å². The van der Waals surface area contributed by atoms with Gasteiger partial charge in [-0.1, -0.05) is 291 Å². The van der Waals surface area contributed by atoms with Gasteiger partial charge in [0.25, 0.3) is 0 Å². The monoisotopic (exact) mass is 1220 g/mol. The Bertz CT molecular complexity index is 6350. The maximum atomic E-state index is 4.95. The lowest BCUT2D eigenvalue weighted by molar-refractivity contribution is 0.974. The van der Waals surface area contributed by atoms with E-state index in [9.17, 15) is 0 Å². The minimum Gasteiger partial charge on any atom is -0.240 e. The molecule has 0 aliphatic rings. The van der Waals surface area contributed by atoms with Gasteiger partial charge in [-0.25, -0.2) is 9.03 Å². The lowest BCUT2D eigenvalue weighted by atomic mass is 9.84. The molecule has 0 unspecified atom stereocenters. The zero-order valence-corrected chi connectivity index (χ0v) is 52.3. The number of pyridine rings is 2. The van der Waals surface area contributed by atoms with Gasteiger partial charge in [0.05, 0.1) is 22.4 Å². The summed E-state index contributed by atoms with van der Waals surface area (Å²) in [6.45, 7) is 0. The third-order valence-corrected chi connectivity index (χ3v) is 19.7. The lowest BCUT2D eigenvalue weighted by Crippen LogP contribution is -1.92. The molecule has 4 heterocycles. The second-order valence-corrected chi connectivity index (χ2v) is 25.3. The minimum absolute atomic E-state index is 0.968. The Morgan fingerprint density at radius 1 is 0.167 bits per heavy atom. The van der Waals surface area contributed by atoms with Crippen molar-refractivity contribution < 1.29 is 0 Å². The molecule has 0 radical (unpaired) electrons. The van der Waals surface area contributed by atoms with Gasteiger partial charge in [0.15, 0.2) is 0 Å².